The molecular weight excluding hydrogens is 236 g/mol. The second-order valence-electron chi connectivity index (χ2n) is 5.01. The van der Waals surface area contributed by atoms with Gasteiger partial charge in [0.25, 0.3) is 0 Å². The van der Waals surface area contributed by atoms with E-state index in [1.807, 2.05) is 14.0 Å². The first-order valence-corrected chi connectivity index (χ1v) is 6.33. The zero-order valence-electron chi connectivity index (χ0n) is 10.8. The molecule has 1 aromatic carbocycles. The van der Waals surface area contributed by atoms with E-state index in [1.54, 1.807) is 6.07 Å². The Balaban J connectivity index is 2.29. The third-order valence-corrected chi connectivity index (χ3v) is 3.68. The maximum Gasteiger partial charge on any atom is 0.159 e. The Morgan fingerprint density at radius 1 is 1.28 bits per heavy atom. The molecule has 0 bridgehead atoms. The fourth-order valence-electron chi connectivity index (χ4n) is 2.70. The minimum Gasteiger partial charge on any atom is -0.373 e. The third-order valence-electron chi connectivity index (χ3n) is 3.68. The molecule has 1 heterocycles. The highest BCUT2D eigenvalue weighted by Crippen LogP contribution is 2.36. The lowest BCUT2D eigenvalue weighted by Crippen LogP contribution is -2.44. The van der Waals surface area contributed by atoms with Gasteiger partial charge < -0.3 is 10.1 Å². The second kappa shape index (κ2) is 5.33. The van der Waals surface area contributed by atoms with Gasteiger partial charge in [-0.25, -0.2) is 8.78 Å². The van der Waals surface area contributed by atoms with Gasteiger partial charge >= 0.3 is 0 Å². The molecule has 2 atom stereocenters. The van der Waals surface area contributed by atoms with Gasteiger partial charge in [0.05, 0.1) is 11.6 Å². The van der Waals surface area contributed by atoms with Crippen molar-refractivity contribution in [2.24, 2.45) is 0 Å². The lowest BCUT2D eigenvalue weighted by Gasteiger charge is -2.40. The Kier molecular flexibility index (Phi) is 3.97. The molecule has 2 unspecified atom stereocenters. The fraction of sp³-hybridized carbons (Fsp3) is 0.571. The van der Waals surface area contributed by atoms with Gasteiger partial charge in [-0.1, -0.05) is 6.07 Å². The lowest BCUT2D eigenvalue weighted by atomic mass is 9.84. The normalized spacial score (nSPS) is 26.0. The van der Waals surface area contributed by atoms with Crippen LogP contribution >= 0.6 is 0 Å². The zero-order chi connectivity index (χ0) is 13.2. The fourth-order valence-corrected chi connectivity index (χ4v) is 2.70. The highest BCUT2D eigenvalue weighted by molar-refractivity contribution is 5.24. The van der Waals surface area contributed by atoms with E-state index in [2.05, 4.69) is 5.32 Å². The van der Waals surface area contributed by atoms with E-state index in [0.717, 1.165) is 31.4 Å². The first kappa shape index (κ1) is 13.4. The molecule has 2 nitrogen and oxygen atoms in total. The van der Waals surface area contributed by atoms with Crippen LogP contribution in [0.5, 0.6) is 0 Å². The molecule has 1 saturated heterocycles. The van der Waals surface area contributed by atoms with Gasteiger partial charge in [0.1, 0.15) is 0 Å². The van der Waals surface area contributed by atoms with Crippen molar-refractivity contribution in [1.82, 2.24) is 5.32 Å². The molecule has 2 rings (SSSR count). The summed E-state index contributed by atoms with van der Waals surface area (Å²) in [4.78, 5) is 0. The number of ether oxygens (including phenoxy) is 1. The van der Waals surface area contributed by atoms with Gasteiger partial charge in [-0.2, -0.15) is 0 Å². The maximum atomic E-state index is 13.3. The Morgan fingerprint density at radius 2 is 2.06 bits per heavy atom. The molecule has 1 aliphatic heterocycles. The molecule has 0 saturated carbocycles. The van der Waals surface area contributed by atoms with Gasteiger partial charge in [-0.15, -0.1) is 0 Å². The van der Waals surface area contributed by atoms with E-state index in [1.165, 1.54) is 12.1 Å². The molecule has 0 radical (unpaired) electrons. The number of halogens is 2. The Labute approximate surface area is 106 Å². The SMILES string of the molecule is CNC(c1ccc(F)c(F)c1)C1(C)CCCCO1. The largest absolute Gasteiger partial charge is 0.373 e. The van der Waals surface area contributed by atoms with E-state index in [0.29, 0.717) is 0 Å². The molecule has 1 aromatic rings. The van der Waals surface area contributed by atoms with Crippen LogP contribution in [-0.4, -0.2) is 19.3 Å². The highest BCUT2D eigenvalue weighted by Gasteiger charge is 2.37. The summed E-state index contributed by atoms with van der Waals surface area (Å²) in [7, 11) is 1.81. The zero-order valence-corrected chi connectivity index (χ0v) is 10.8. The van der Waals surface area contributed by atoms with Gasteiger partial charge in [0, 0.05) is 6.61 Å². The van der Waals surface area contributed by atoms with Crippen molar-refractivity contribution < 1.29 is 13.5 Å². The molecule has 100 valence electrons. The highest BCUT2D eigenvalue weighted by atomic mass is 19.2. The number of benzene rings is 1. The van der Waals surface area contributed by atoms with Crippen LogP contribution in [0, 0.1) is 11.6 Å². The van der Waals surface area contributed by atoms with E-state index in [4.69, 9.17) is 4.74 Å². The van der Waals surface area contributed by atoms with Crippen LogP contribution in [0.1, 0.15) is 37.8 Å². The van der Waals surface area contributed by atoms with Crippen LogP contribution < -0.4 is 5.32 Å². The van der Waals surface area contributed by atoms with Crippen molar-refractivity contribution in [2.75, 3.05) is 13.7 Å². The predicted molar refractivity (Wildman–Crippen MR) is 66.4 cm³/mol. The first-order chi connectivity index (χ1) is 8.57. The van der Waals surface area contributed by atoms with Crippen LogP contribution in [0.25, 0.3) is 0 Å². The monoisotopic (exact) mass is 255 g/mol. The Morgan fingerprint density at radius 3 is 2.61 bits per heavy atom. The molecular formula is C14H19F2NO. The quantitative estimate of drug-likeness (QED) is 0.895. The van der Waals surface area contributed by atoms with Crippen molar-refractivity contribution in [3.05, 3.63) is 35.4 Å². The number of nitrogens with one attached hydrogen (secondary N) is 1. The van der Waals surface area contributed by atoms with Crippen LogP contribution in [0.15, 0.2) is 18.2 Å². The predicted octanol–water partition coefficient (Wildman–Crippen LogP) is 3.18. The van der Waals surface area contributed by atoms with Crippen LogP contribution in [-0.2, 0) is 4.74 Å². The van der Waals surface area contributed by atoms with Gasteiger partial charge in [0.2, 0.25) is 0 Å². The molecule has 1 fully saturated rings. The van der Waals surface area contributed by atoms with E-state index < -0.39 is 11.6 Å². The summed E-state index contributed by atoms with van der Waals surface area (Å²) in [5, 5.41) is 3.16. The molecule has 1 N–H and O–H groups in total. The summed E-state index contributed by atoms with van der Waals surface area (Å²) in [6.45, 7) is 2.74. The molecule has 0 aromatic heterocycles. The summed E-state index contributed by atoms with van der Waals surface area (Å²) in [5.74, 6) is -1.63. The minimum atomic E-state index is -0.816. The smallest absolute Gasteiger partial charge is 0.159 e. The van der Waals surface area contributed by atoms with Gasteiger partial charge in [-0.05, 0) is 50.9 Å². The lowest BCUT2D eigenvalue weighted by molar-refractivity contribution is -0.0885. The van der Waals surface area contributed by atoms with Crippen LogP contribution in [0.2, 0.25) is 0 Å². The van der Waals surface area contributed by atoms with Crippen LogP contribution in [0.3, 0.4) is 0 Å². The van der Waals surface area contributed by atoms with Gasteiger partial charge in [0.15, 0.2) is 11.6 Å². The second-order valence-corrected chi connectivity index (χ2v) is 5.01. The minimum absolute atomic E-state index is 0.132. The summed E-state index contributed by atoms with van der Waals surface area (Å²) < 4.78 is 32.2. The Bertz CT molecular complexity index is 416. The first-order valence-electron chi connectivity index (χ1n) is 6.33. The molecule has 1 aliphatic rings. The summed E-state index contributed by atoms with van der Waals surface area (Å²) in [6, 6.07) is 3.90. The summed E-state index contributed by atoms with van der Waals surface area (Å²) >= 11 is 0. The average Bonchev–Trinajstić information content (AvgIpc) is 2.35. The number of hydrogen-bond acceptors (Lipinski definition) is 2. The number of hydrogen-bond donors (Lipinski definition) is 1. The van der Waals surface area contributed by atoms with E-state index in [9.17, 15) is 8.78 Å². The Hall–Kier alpha value is -1.00. The van der Waals surface area contributed by atoms with Crippen molar-refractivity contribution in [3.8, 4) is 0 Å². The molecule has 4 heteroatoms. The summed E-state index contributed by atoms with van der Waals surface area (Å²) in [6.07, 6.45) is 3.07. The third kappa shape index (κ3) is 2.54. The van der Waals surface area contributed by atoms with Crippen LogP contribution in [0.4, 0.5) is 8.78 Å². The van der Waals surface area contributed by atoms with Gasteiger partial charge in [-0.3, -0.25) is 0 Å². The molecule has 0 spiro atoms. The molecule has 18 heavy (non-hydrogen) atoms. The standard InChI is InChI=1S/C14H19F2NO/c1-14(7-3-4-8-18-14)13(17-2)10-5-6-11(15)12(16)9-10/h5-6,9,13,17H,3-4,7-8H2,1-2H3. The van der Waals surface area contributed by atoms with Crippen molar-refractivity contribution in [2.45, 2.75) is 37.8 Å². The van der Waals surface area contributed by atoms with Crippen molar-refractivity contribution >= 4 is 0 Å². The maximum absolute atomic E-state index is 13.3. The van der Waals surface area contributed by atoms with E-state index in [-0.39, 0.29) is 11.6 Å². The molecule has 0 aliphatic carbocycles. The number of likely N-dealkylation sites (N-methyl/N-ethyl adjacent to an activating group) is 1. The summed E-state index contributed by atoms with van der Waals surface area (Å²) in [5.41, 5.74) is 0.359. The number of rotatable bonds is 3. The van der Waals surface area contributed by atoms with Crippen molar-refractivity contribution in [1.29, 1.82) is 0 Å². The van der Waals surface area contributed by atoms with Crippen molar-refractivity contribution in [3.63, 3.8) is 0 Å². The molecule has 0 amide bonds. The van der Waals surface area contributed by atoms with E-state index >= 15 is 0 Å². The average molecular weight is 255 g/mol. The topological polar surface area (TPSA) is 21.3 Å².